The molecule has 0 aromatic carbocycles. The molecule has 0 fully saturated rings. The van der Waals surface area contributed by atoms with Crippen molar-refractivity contribution < 1.29 is 0 Å². The summed E-state index contributed by atoms with van der Waals surface area (Å²) in [5, 5.41) is 9.01. The lowest BCUT2D eigenvalue weighted by Crippen LogP contribution is -1.89. The molecule has 0 heterocycles. The first-order valence-electron chi connectivity index (χ1n) is 3.96. The first kappa shape index (κ1) is 11.2. The van der Waals surface area contributed by atoms with Gasteiger partial charge >= 0.3 is 0 Å². The second kappa shape index (κ2) is 8.29. The van der Waals surface area contributed by atoms with Gasteiger partial charge in [0.2, 0.25) is 0 Å². The Hall–Kier alpha value is 0.190. The summed E-state index contributed by atoms with van der Waals surface area (Å²) >= 11 is 0. The molecule has 0 aliphatic rings. The third-order valence-corrected chi connectivity index (χ3v) is 4.47. The van der Waals surface area contributed by atoms with E-state index in [9.17, 15) is 0 Å². The minimum absolute atomic E-state index is 0.702. The first-order valence-corrected chi connectivity index (χ1v) is 6.34. The highest BCUT2D eigenvalue weighted by atomic mass is 33.1. The van der Waals surface area contributed by atoms with Crippen LogP contribution in [-0.4, -0.2) is 11.0 Å². The highest BCUT2D eigenvalue weighted by Gasteiger charge is 1.98. The quantitative estimate of drug-likeness (QED) is 0.472. The second-order valence-corrected chi connectivity index (χ2v) is 5.32. The molecule has 0 N–H and O–H groups in total. The van der Waals surface area contributed by atoms with E-state index in [1.807, 2.05) is 21.6 Å². The standard InChI is InChI=1S/C8H15NS2/c1-3-8(2)11-10-7-5-4-6-9/h8H,3-5,7H2,1-2H3. The Balaban J connectivity index is 2.97. The molecule has 0 saturated carbocycles. The molecule has 0 rings (SSSR count). The number of nitriles is 1. The minimum atomic E-state index is 0.702. The lowest BCUT2D eigenvalue weighted by molar-refractivity contribution is 0.912. The molecule has 0 saturated heterocycles. The zero-order valence-electron chi connectivity index (χ0n) is 7.17. The van der Waals surface area contributed by atoms with Gasteiger partial charge in [-0.1, -0.05) is 35.4 Å². The Labute approximate surface area is 77.3 Å². The third kappa shape index (κ3) is 8.09. The van der Waals surface area contributed by atoms with Crippen molar-refractivity contribution in [3.8, 4) is 6.07 Å². The SMILES string of the molecule is CCC(C)SSCCCC#N. The van der Waals surface area contributed by atoms with Crippen molar-refractivity contribution in [3.63, 3.8) is 0 Å². The van der Waals surface area contributed by atoms with Crippen LogP contribution in [-0.2, 0) is 0 Å². The predicted molar refractivity (Wildman–Crippen MR) is 54.6 cm³/mol. The third-order valence-electron chi connectivity index (χ3n) is 1.32. The fraction of sp³-hybridized carbons (Fsp3) is 0.875. The lowest BCUT2D eigenvalue weighted by atomic mass is 10.4. The fourth-order valence-corrected chi connectivity index (χ4v) is 2.92. The molecule has 1 atom stereocenters. The van der Waals surface area contributed by atoms with Gasteiger partial charge < -0.3 is 0 Å². The summed E-state index contributed by atoms with van der Waals surface area (Å²) in [6.07, 6.45) is 2.97. The van der Waals surface area contributed by atoms with Gasteiger partial charge in [-0.15, -0.1) is 0 Å². The Morgan fingerprint density at radius 1 is 1.55 bits per heavy atom. The summed E-state index contributed by atoms with van der Waals surface area (Å²) in [5.41, 5.74) is 0. The van der Waals surface area contributed by atoms with Gasteiger partial charge in [-0.3, -0.25) is 0 Å². The van der Waals surface area contributed by atoms with Crippen molar-refractivity contribution in [2.45, 2.75) is 38.4 Å². The minimum Gasteiger partial charge on any atom is -0.198 e. The molecular weight excluding hydrogens is 174 g/mol. The van der Waals surface area contributed by atoms with E-state index in [2.05, 4.69) is 19.9 Å². The van der Waals surface area contributed by atoms with Crippen LogP contribution in [0.5, 0.6) is 0 Å². The van der Waals surface area contributed by atoms with Gasteiger partial charge in [-0.05, 0) is 12.8 Å². The topological polar surface area (TPSA) is 23.8 Å². The van der Waals surface area contributed by atoms with Crippen molar-refractivity contribution in [1.29, 1.82) is 5.26 Å². The average molecular weight is 189 g/mol. The van der Waals surface area contributed by atoms with Crippen LogP contribution in [0.25, 0.3) is 0 Å². The van der Waals surface area contributed by atoms with E-state index >= 15 is 0 Å². The average Bonchev–Trinajstić information content (AvgIpc) is 2.04. The van der Waals surface area contributed by atoms with Gasteiger partial charge in [0.15, 0.2) is 0 Å². The smallest absolute Gasteiger partial charge is 0.0622 e. The highest BCUT2D eigenvalue weighted by molar-refractivity contribution is 8.76. The van der Waals surface area contributed by atoms with Crippen LogP contribution in [0.15, 0.2) is 0 Å². The van der Waals surface area contributed by atoms with E-state index < -0.39 is 0 Å². The van der Waals surface area contributed by atoms with E-state index in [0.717, 1.165) is 17.4 Å². The molecule has 0 radical (unpaired) electrons. The summed E-state index contributed by atoms with van der Waals surface area (Å²) in [6.45, 7) is 4.44. The summed E-state index contributed by atoms with van der Waals surface area (Å²) < 4.78 is 0. The highest BCUT2D eigenvalue weighted by Crippen LogP contribution is 2.28. The van der Waals surface area contributed by atoms with Crippen LogP contribution < -0.4 is 0 Å². The van der Waals surface area contributed by atoms with E-state index in [1.165, 1.54) is 6.42 Å². The number of hydrogen-bond acceptors (Lipinski definition) is 3. The molecule has 0 aliphatic carbocycles. The lowest BCUT2D eigenvalue weighted by Gasteiger charge is -2.05. The van der Waals surface area contributed by atoms with Crippen LogP contribution in [0.3, 0.4) is 0 Å². The monoisotopic (exact) mass is 189 g/mol. The number of hydrogen-bond donors (Lipinski definition) is 0. The Bertz CT molecular complexity index is 120. The maximum Gasteiger partial charge on any atom is 0.0622 e. The molecule has 0 aliphatic heterocycles. The van der Waals surface area contributed by atoms with Crippen LogP contribution in [0.1, 0.15) is 33.1 Å². The van der Waals surface area contributed by atoms with Gasteiger partial charge in [-0.25, -0.2) is 0 Å². The Kier molecular flexibility index (Phi) is 8.43. The molecule has 11 heavy (non-hydrogen) atoms. The molecule has 0 spiro atoms. The molecule has 1 nitrogen and oxygen atoms in total. The summed E-state index contributed by atoms with van der Waals surface area (Å²) in [7, 11) is 3.83. The molecule has 0 amide bonds. The normalized spacial score (nSPS) is 12.5. The molecule has 3 heteroatoms. The fourth-order valence-electron chi connectivity index (χ4n) is 0.442. The van der Waals surface area contributed by atoms with Gasteiger partial charge in [0.1, 0.15) is 0 Å². The van der Waals surface area contributed by atoms with Crippen molar-refractivity contribution in [1.82, 2.24) is 0 Å². The van der Waals surface area contributed by atoms with Crippen LogP contribution >= 0.6 is 21.6 Å². The van der Waals surface area contributed by atoms with Crippen LogP contribution in [0, 0.1) is 11.3 Å². The predicted octanol–water partition coefficient (Wildman–Crippen LogP) is 3.47. The van der Waals surface area contributed by atoms with E-state index in [-0.39, 0.29) is 0 Å². The van der Waals surface area contributed by atoms with Crippen LogP contribution in [0.2, 0.25) is 0 Å². The zero-order valence-corrected chi connectivity index (χ0v) is 8.80. The van der Waals surface area contributed by atoms with Gasteiger partial charge in [0.25, 0.3) is 0 Å². The van der Waals surface area contributed by atoms with Gasteiger partial charge in [0.05, 0.1) is 6.07 Å². The van der Waals surface area contributed by atoms with E-state index in [1.54, 1.807) is 0 Å². The molecular formula is C8H15NS2. The second-order valence-electron chi connectivity index (χ2n) is 2.40. The van der Waals surface area contributed by atoms with Gasteiger partial charge in [-0.2, -0.15) is 5.26 Å². The van der Waals surface area contributed by atoms with Crippen molar-refractivity contribution >= 4 is 21.6 Å². The molecule has 0 aromatic rings. The molecule has 64 valence electrons. The van der Waals surface area contributed by atoms with E-state index in [4.69, 9.17) is 5.26 Å². The number of nitrogens with zero attached hydrogens (tertiary/aromatic N) is 1. The summed E-state index contributed by atoms with van der Waals surface area (Å²) in [4.78, 5) is 0. The Morgan fingerprint density at radius 2 is 2.27 bits per heavy atom. The van der Waals surface area contributed by atoms with Crippen molar-refractivity contribution in [2.24, 2.45) is 0 Å². The maximum atomic E-state index is 8.25. The summed E-state index contributed by atoms with van der Waals surface area (Å²) in [5.74, 6) is 1.11. The Morgan fingerprint density at radius 3 is 2.82 bits per heavy atom. The number of unbranched alkanes of at least 4 members (excludes halogenated alkanes) is 1. The van der Waals surface area contributed by atoms with Gasteiger partial charge in [0, 0.05) is 17.4 Å². The van der Waals surface area contributed by atoms with E-state index in [0.29, 0.717) is 6.42 Å². The van der Waals surface area contributed by atoms with Crippen molar-refractivity contribution in [2.75, 3.05) is 5.75 Å². The number of rotatable bonds is 6. The zero-order chi connectivity index (χ0) is 8.53. The van der Waals surface area contributed by atoms with Crippen molar-refractivity contribution in [3.05, 3.63) is 0 Å². The molecule has 0 bridgehead atoms. The van der Waals surface area contributed by atoms with Crippen LogP contribution in [0.4, 0.5) is 0 Å². The molecule has 0 aromatic heterocycles. The summed E-state index contributed by atoms with van der Waals surface area (Å²) in [6, 6.07) is 2.15. The largest absolute Gasteiger partial charge is 0.198 e. The first-order chi connectivity index (χ1) is 5.31. The molecule has 1 unspecified atom stereocenters. The maximum absolute atomic E-state index is 8.25.